The lowest BCUT2D eigenvalue weighted by Gasteiger charge is -2.22. The van der Waals surface area contributed by atoms with Gasteiger partial charge in [0.1, 0.15) is 5.82 Å². The molecule has 130 valence electrons. The van der Waals surface area contributed by atoms with Gasteiger partial charge in [-0.2, -0.15) is 0 Å². The number of hydrogen-bond donors (Lipinski definition) is 2. The fraction of sp³-hybridized carbons (Fsp3) is 0.278. The number of nitrogens with one attached hydrogen (secondary N) is 1. The highest BCUT2D eigenvalue weighted by atomic mass is 79.9. The molecule has 0 fully saturated rings. The molecule has 0 saturated heterocycles. The van der Waals surface area contributed by atoms with E-state index in [9.17, 15) is 9.18 Å². The molecule has 0 radical (unpaired) electrons. The molecule has 0 bridgehead atoms. The Bertz CT molecular complexity index is 669. The molecule has 3 nitrogen and oxygen atoms in total. The minimum atomic E-state index is -0.593. The number of carbonyl (C=O) groups is 1. The average Bonchev–Trinajstić information content (AvgIpc) is 2.54. The van der Waals surface area contributed by atoms with Crippen molar-refractivity contribution in [2.24, 2.45) is 5.73 Å². The van der Waals surface area contributed by atoms with Crippen LogP contribution in [0.5, 0.6) is 0 Å². The quantitative estimate of drug-likeness (QED) is 0.737. The summed E-state index contributed by atoms with van der Waals surface area (Å²) in [4.78, 5) is 12.3. The lowest BCUT2D eigenvalue weighted by Crippen LogP contribution is -2.42. The summed E-state index contributed by atoms with van der Waals surface area (Å²) >= 11 is 3.25. The zero-order valence-electron chi connectivity index (χ0n) is 13.3. The van der Waals surface area contributed by atoms with Gasteiger partial charge in [0, 0.05) is 10.0 Å². The number of benzene rings is 2. The summed E-state index contributed by atoms with van der Waals surface area (Å²) < 4.78 is 15.0. The first-order valence-electron chi connectivity index (χ1n) is 7.58. The summed E-state index contributed by atoms with van der Waals surface area (Å²) in [5.74, 6) is -0.652. The van der Waals surface area contributed by atoms with Crippen LogP contribution in [0.25, 0.3) is 0 Å². The van der Waals surface area contributed by atoms with Crippen LogP contribution in [0.2, 0.25) is 0 Å². The van der Waals surface area contributed by atoms with Crippen molar-refractivity contribution in [2.45, 2.75) is 31.8 Å². The normalized spacial score (nSPS) is 12.8. The Labute approximate surface area is 156 Å². The number of hydrogen-bond acceptors (Lipinski definition) is 2. The van der Waals surface area contributed by atoms with Crippen LogP contribution in [-0.2, 0) is 4.79 Å². The van der Waals surface area contributed by atoms with Gasteiger partial charge in [0.05, 0.1) is 12.1 Å². The highest BCUT2D eigenvalue weighted by molar-refractivity contribution is 9.10. The van der Waals surface area contributed by atoms with E-state index in [-0.39, 0.29) is 24.1 Å². The molecule has 24 heavy (non-hydrogen) atoms. The Morgan fingerprint density at radius 1 is 1.25 bits per heavy atom. The molecule has 2 aromatic rings. The van der Waals surface area contributed by atoms with E-state index >= 15 is 0 Å². The third-order valence-electron chi connectivity index (χ3n) is 3.63. The predicted octanol–water partition coefficient (Wildman–Crippen LogP) is 4.34. The minimum absolute atomic E-state index is 0. The molecule has 0 saturated carbocycles. The predicted molar refractivity (Wildman–Crippen MR) is 101 cm³/mol. The van der Waals surface area contributed by atoms with Crippen LogP contribution >= 0.6 is 28.3 Å². The monoisotopic (exact) mass is 414 g/mol. The first kappa shape index (κ1) is 20.6. The maximum Gasteiger partial charge on any atom is 0.237 e. The molecule has 0 heterocycles. The van der Waals surface area contributed by atoms with Crippen molar-refractivity contribution in [2.75, 3.05) is 0 Å². The molecule has 0 aliphatic rings. The van der Waals surface area contributed by atoms with Crippen LogP contribution in [0.3, 0.4) is 0 Å². The zero-order chi connectivity index (χ0) is 16.8. The molecule has 3 N–H and O–H groups in total. The Hall–Kier alpha value is -1.43. The van der Waals surface area contributed by atoms with Gasteiger partial charge >= 0.3 is 0 Å². The summed E-state index contributed by atoms with van der Waals surface area (Å²) in [5, 5.41) is 2.88. The van der Waals surface area contributed by atoms with Gasteiger partial charge in [0.2, 0.25) is 5.91 Å². The average molecular weight is 416 g/mol. The van der Waals surface area contributed by atoms with Crippen LogP contribution in [0.15, 0.2) is 53.0 Å². The number of rotatable bonds is 6. The van der Waals surface area contributed by atoms with Gasteiger partial charge in [-0.25, -0.2) is 4.39 Å². The van der Waals surface area contributed by atoms with E-state index in [1.54, 1.807) is 12.1 Å². The number of carbonyl (C=O) groups excluding carboxylic acids is 1. The summed E-state index contributed by atoms with van der Waals surface area (Å²) in [7, 11) is 0. The second-order valence-electron chi connectivity index (χ2n) is 5.41. The van der Waals surface area contributed by atoms with Crippen LogP contribution in [0, 0.1) is 5.82 Å². The molecule has 6 heteroatoms. The molecule has 0 aliphatic heterocycles. The van der Waals surface area contributed by atoms with Crippen LogP contribution in [0.1, 0.15) is 36.9 Å². The van der Waals surface area contributed by atoms with Gasteiger partial charge in [-0.3, -0.25) is 4.79 Å². The van der Waals surface area contributed by atoms with E-state index in [2.05, 4.69) is 21.2 Å². The topological polar surface area (TPSA) is 55.1 Å². The van der Waals surface area contributed by atoms with Crippen molar-refractivity contribution in [1.29, 1.82) is 0 Å². The maximum absolute atomic E-state index is 14.4. The molecule has 0 aliphatic carbocycles. The minimum Gasteiger partial charge on any atom is -0.344 e. The fourth-order valence-electron chi connectivity index (χ4n) is 2.41. The van der Waals surface area contributed by atoms with E-state index in [0.29, 0.717) is 16.5 Å². The Morgan fingerprint density at radius 3 is 2.50 bits per heavy atom. The van der Waals surface area contributed by atoms with Crippen molar-refractivity contribution < 1.29 is 9.18 Å². The lowest BCUT2D eigenvalue weighted by molar-refractivity contribution is -0.123. The van der Waals surface area contributed by atoms with E-state index in [0.717, 1.165) is 12.0 Å². The van der Waals surface area contributed by atoms with Gasteiger partial charge in [-0.1, -0.05) is 65.7 Å². The highest BCUT2D eigenvalue weighted by Gasteiger charge is 2.22. The molecule has 2 rings (SSSR count). The number of amides is 1. The fourth-order valence-corrected chi connectivity index (χ4v) is 2.75. The Morgan fingerprint density at radius 2 is 1.92 bits per heavy atom. The molecule has 0 spiro atoms. The largest absolute Gasteiger partial charge is 0.344 e. The maximum atomic E-state index is 14.4. The lowest BCUT2D eigenvalue weighted by atomic mass is 9.97. The summed E-state index contributed by atoms with van der Waals surface area (Å²) in [6, 6.07) is 13.0. The van der Waals surface area contributed by atoms with Crippen LogP contribution in [-0.4, -0.2) is 11.9 Å². The number of halogens is 3. The first-order chi connectivity index (χ1) is 11.0. The van der Waals surface area contributed by atoms with E-state index in [1.165, 1.54) is 6.07 Å². The summed E-state index contributed by atoms with van der Waals surface area (Å²) in [6.45, 7) is 1.97. The van der Waals surface area contributed by atoms with E-state index in [4.69, 9.17) is 5.73 Å². The summed E-state index contributed by atoms with van der Waals surface area (Å²) in [6.07, 6.45) is 1.41. The number of nitrogens with two attached hydrogens (primary N) is 1. The van der Waals surface area contributed by atoms with Gasteiger partial charge in [0.25, 0.3) is 0 Å². The second kappa shape index (κ2) is 9.77. The molecular formula is C18H21BrClFN2O. The van der Waals surface area contributed by atoms with Gasteiger partial charge < -0.3 is 11.1 Å². The van der Waals surface area contributed by atoms with Crippen LogP contribution in [0.4, 0.5) is 4.39 Å². The first-order valence-corrected chi connectivity index (χ1v) is 8.38. The Kier molecular flexibility index (Phi) is 8.39. The smallest absolute Gasteiger partial charge is 0.237 e. The van der Waals surface area contributed by atoms with Crippen molar-refractivity contribution in [3.63, 3.8) is 0 Å². The van der Waals surface area contributed by atoms with Crippen molar-refractivity contribution >= 4 is 34.2 Å². The van der Waals surface area contributed by atoms with Gasteiger partial charge in [-0.05, 0) is 24.1 Å². The Balaban J connectivity index is 0.00000288. The van der Waals surface area contributed by atoms with E-state index < -0.39 is 12.1 Å². The van der Waals surface area contributed by atoms with Crippen molar-refractivity contribution in [1.82, 2.24) is 5.32 Å². The molecule has 2 atom stereocenters. The molecule has 1 amide bonds. The standard InChI is InChI=1S/C18H20BrFN2O.ClH/c1-2-6-16(21)18(23)22-17(12-7-4-3-5-8-12)14-10-9-13(19)11-15(14)20;/h3-5,7-11,16-17H,2,6,21H2,1H3,(H,22,23);1H. The molecular weight excluding hydrogens is 395 g/mol. The summed E-state index contributed by atoms with van der Waals surface area (Å²) in [5.41, 5.74) is 7.11. The zero-order valence-corrected chi connectivity index (χ0v) is 15.7. The molecule has 0 aromatic heterocycles. The van der Waals surface area contributed by atoms with E-state index in [1.807, 2.05) is 37.3 Å². The second-order valence-corrected chi connectivity index (χ2v) is 6.33. The molecule has 2 aromatic carbocycles. The third kappa shape index (κ3) is 5.30. The highest BCUT2D eigenvalue weighted by Crippen LogP contribution is 2.26. The van der Waals surface area contributed by atoms with Gasteiger partial charge in [-0.15, -0.1) is 12.4 Å². The van der Waals surface area contributed by atoms with Crippen LogP contribution < -0.4 is 11.1 Å². The van der Waals surface area contributed by atoms with Crippen molar-refractivity contribution in [3.8, 4) is 0 Å². The van der Waals surface area contributed by atoms with Crippen molar-refractivity contribution in [3.05, 3.63) is 69.9 Å². The SMILES string of the molecule is CCCC(N)C(=O)NC(c1ccccc1)c1ccc(Br)cc1F.Cl. The molecule has 2 unspecified atom stereocenters. The van der Waals surface area contributed by atoms with Gasteiger partial charge in [0.15, 0.2) is 0 Å². The third-order valence-corrected chi connectivity index (χ3v) is 4.12.